The molecule has 2 rings (SSSR count). The number of aryl methyl sites for hydroxylation is 1. The smallest absolute Gasteiger partial charge is 0.0543 e. The van der Waals surface area contributed by atoms with E-state index in [1.807, 2.05) is 6.07 Å². The fourth-order valence-corrected chi connectivity index (χ4v) is 2.97. The van der Waals surface area contributed by atoms with Crippen molar-refractivity contribution in [3.8, 4) is 0 Å². The van der Waals surface area contributed by atoms with Crippen LogP contribution < -0.4 is 5.73 Å². The van der Waals surface area contributed by atoms with Crippen molar-refractivity contribution in [1.82, 2.24) is 0 Å². The van der Waals surface area contributed by atoms with Crippen LogP contribution in [0.1, 0.15) is 30.0 Å². The molecule has 1 aliphatic carbocycles. The third kappa shape index (κ3) is 1.72. The molecule has 0 aromatic heterocycles. The van der Waals surface area contributed by atoms with Crippen LogP contribution in [0.15, 0.2) is 12.1 Å². The van der Waals surface area contributed by atoms with Crippen molar-refractivity contribution in [2.24, 2.45) is 5.73 Å². The van der Waals surface area contributed by atoms with Gasteiger partial charge in [0, 0.05) is 9.61 Å². The van der Waals surface area contributed by atoms with Crippen LogP contribution in [-0.4, -0.2) is 0 Å². The molecule has 0 spiro atoms. The summed E-state index contributed by atoms with van der Waals surface area (Å²) < 4.78 is 1.14. The lowest BCUT2D eigenvalue weighted by Gasteiger charge is -2.23. The summed E-state index contributed by atoms with van der Waals surface area (Å²) in [4.78, 5) is 0. The summed E-state index contributed by atoms with van der Waals surface area (Å²) in [5.41, 5.74) is 8.71. The fourth-order valence-electron chi connectivity index (χ4n) is 1.88. The molecule has 1 aromatic carbocycles. The van der Waals surface area contributed by atoms with E-state index in [-0.39, 0.29) is 6.04 Å². The Morgan fingerprint density at radius 1 is 1.46 bits per heavy atom. The Balaban J connectivity index is 2.58. The molecule has 3 heteroatoms. The molecule has 0 bridgehead atoms. The minimum atomic E-state index is 0.189. The molecule has 0 unspecified atom stereocenters. The van der Waals surface area contributed by atoms with Gasteiger partial charge in [-0.25, -0.2) is 0 Å². The van der Waals surface area contributed by atoms with Gasteiger partial charge in [0.05, 0.1) is 5.02 Å². The van der Waals surface area contributed by atoms with Gasteiger partial charge >= 0.3 is 0 Å². The molecular weight excluding hydrogens is 296 g/mol. The Labute approximate surface area is 96.8 Å². The van der Waals surface area contributed by atoms with Gasteiger partial charge in [-0.1, -0.05) is 17.7 Å². The Morgan fingerprint density at radius 2 is 2.23 bits per heavy atom. The number of rotatable bonds is 0. The van der Waals surface area contributed by atoms with Crippen LogP contribution in [0.2, 0.25) is 5.02 Å². The van der Waals surface area contributed by atoms with Gasteiger partial charge in [-0.05, 0) is 59.0 Å². The van der Waals surface area contributed by atoms with Gasteiger partial charge in [-0.2, -0.15) is 0 Å². The predicted molar refractivity (Wildman–Crippen MR) is 64.0 cm³/mol. The van der Waals surface area contributed by atoms with Gasteiger partial charge in [0.2, 0.25) is 0 Å². The topological polar surface area (TPSA) is 26.0 Å². The molecule has 0 fully saturated rings. The average molecular weight is 308 g/mol. The lowest BCUT2D eigenvalue weighted by atomic mass is 9.88. The van der Waals surface area contributed by atoms with Crippen molar-refractivity contribution in [3.05, 3.63) is 31.9 Å². The lowest BCUT2D eigenvalue weighted by Crippen LogP contribution is -2.18. The number of hydrogen-bond acceptors (Lipinski definition) is 1. The number of fused-ring (bicyclic) bond motifs is 1. The second kappa shape index (κ2) is 3.75. The van der Waals surface area contributed by atoms with Gasteiger partial charge < -0.3 is 5.73 Å². The normalized spacial score (nSPS) is 21.3. The number of nitrogens with two attached hydrogens (primary N) is 1. The highest BCUT2D eigenvalue weighted by Gasteiger charge is 2.20. The molecule has 0 amide bonds. The minimum Gasteiger partial charge on any atom is -0.324 e. The Bertz CT molecular complexity index is 338. The summed E-state index contributed by atoms with van der Waals surface area (Å²) in [5, 5.41) is 0.830. The van der Waals surface area contributed by atoms with Gasteiger partial charge in [0.25, 0.3) is 0 Å². The number of halogens is 2. The molecule has 1 aliphatic rings. The van der Waals surface area contributed by atoms with Crippen molar-refractivity contribution in [2.45, 2.75) is 25.3 Å². The zero-order chi connectivity index (χ0) is 9.42. The molecular formula is C10H11ClIN. The molecule has 2 N–H and O–H groups in total. The Morgan fingerprint density at radius 3 is 3.00 bits per heavy atom. The Kier molecular flexibility index (Phi) is 2.81. The van der Waals surface area contributed by atoms with E-state index in [1.54, 1.807) is 0 Å². The average Bonchev–Trinajstić information content (AvgIpc) is 2.12. The number of hydrogen-bond donors (Lipinski definition) is 1. The first-order valence-electron chi connectivity index (χ1n) is 4.42. The van der Waals surface area contributed by atoms with Gasteiger partial charge in [-0.15, -0.1) is 0 Å². The SMILES string of the molecule is N[C@@H]1CCCc2ccc(Cl)c(I)c21. The third-order valence-corrected chi connectivity index (χ3v) is 4.35. The summed E-state index contributed by atoms with van der Waals surface area (Å²) in [6, 6.07) is 4.27. The highest BCUT2D eigenvalue weighted by molar-refractivity contribution is 14.1. The summed E-state index contributed by atoms with van der Waals surface area (Å²) in [6.07, 6.45) is 3.44. The largest absolute Gasteiger partial charge is 0.324 e. The second-order valence-electron chi connectivity index (χ2n) is 3.43. The molecule has 0 radical (unpaired) electrons. The van der Waals surface area contributed by atoms with E-state index >= 15 is 0 Å². The molecule has 1 aromatic rings. The van der Waals surface area contributed by atoms with Crippen LogP contribution in [0.3, 0.4) is 0 Å². The molecule has 1 atom stereocenters. The highest BCUT2D eigenvalue weighted by Crippen LogP contribution is 2.34. The molecule has 13 heavy (non-hydrogen) atoms. The molecule has 70 valence electrons. The fraction of sp³-hybridized carbons (Fsp3) is 0.400. The quantitative estimate of drug-likeness (QED) is 0.731. The van der Waals surface area contributed by atoms with E-state index in [0.29, 0.717) is 0 Å². The van der Waals surface area contributed by atoms with E-state index < -0.39 is 0 Å². The van der Waals surface area contributed by atoms with Crippen LogP contribution >= 0.6 is 34.2 Å². The third-order valence-electron chi connectivity index (χ3n) is 2.55. The summed E-state index contributed by atoms with van der Waals surface area (Å²) in [7, 11) is 0. The highest BCUT2D eigenvalue weighted by atomic mass is 127. The second-order valence-corrected chi connectivity index (χ2v) is 4.92. The van der Waals surface area contributed by atoms with Crippen molar-refractivity contribution >= 4 is 34.2 Å². The lowest BCUT2D eigenvalue weighted by molar-refractivity contribution is 0.568. The molecule has 1 nitrogen and oxygen atoms in total. The molecule has 0 saturated carbocycles. The van der Waals surface area contributed by atoms with E-state index in [1.165, 1.54) is 17.5 Å². The minimum absolute atomic E-state index is 0.189. The molecule has 0 heterocycles. The van der Waals surface area contributed by atoms with Gasteiger partial charge in [0.15, 0.2) is 0 Å². The van der Waals surface area contributed by atoms with Gasteiger partial charge in [0.1, 0.15) is 0 Å². The first kappa shape index (κ1) is 9.74. The zero-order valence-corrected chi connectivity index (χ0v) is 10.1. The van der Waals surface area contributed by atoms with Crippen molar-refractivity contribution < 1.29 is 0 Å². The summed E-state index contributed by atoms with van der Waals surface area (Å²) in [6.45, 7) is 0. The van der Waals surface area contributed by atoms with Crippen molar-refractivity contribution in [1.29, 1.82) is 0 Å². The summed E-state index contributed by atoms with van der Waals surface area (Å²) >= 11 is 8.34. The maximum absolute atomic E-state index is 6.05. The molecule has 0 aliphatic heterocycles. The maximum Gasteiger partial charge on any atom is 0.0543 e. The van der Waals surface area contributed by atoms with Crippen molar-refractivity contribution in [3.63, 3.8) is 0 Å². The van der Waals surface area contributed by atoms with Crippen LogP contribution in [0.4, 0.5) is 0 Å². The first-order chi connectivity index (χ1) is 6.20. The Hall–Kier alpha value is 0.200. The van der Waals surface area contributed by atoms with Crippen LogP contribution in [0.5, 0.6) is 0 Å². The monoisotopic (exact) mass is 307 g/mol. The predicted octanol–water partition coefficient (Wildman–Crippen LogP) is 3.28. The zero-order valence-electron chi connectivity index (χ0n) is 7.19. The van der Waals surface area contributed by atoms with Crippen molar-refractivity contribution in [2.75, 3.05) is 0 Å². The number of benzene rings is 1. The van der Waals surface area contributed by atoms with Crippen LogP contribution in [-0.2, 0) is 6.42 Å². The first-order valence-corrected chi connectivity index (χ1v) is 5.88. The van der Waals surface area contributed by atoms with Gasteiger partial charge in [-0.3, -0.25) is 0 Å². The maximum atomic E-state index is 6.05. The van der Waals surface area contributed by atoms with Crippen LogP contribution in [0.25, 0.3) is 0 Å². The summed E-state index contributed by atoms with van der Waals surface area (Å²) in [5.74, 6) is 0. The van der Waals surface area contributed by atoms with E-state index in [0.717, 1.165) is 21.4 Å². The van der Waals surface area contributed by atoms with E-state index in [9.17, 15) is 0 Å². The van der Waals surface area contributed by atoms with E-state index in [4.69, 9.17) is 17.3 Å². The van der Waals surface area contributed by atoms with E-state index in [2.05, 4.69) is 28.7 Å². The van der Waals surface area contributed by atoms with Crippen LogP contribution in [0, 0.1) is 3.57 Å². The standard InChI is InChI=1S/C10H11ClIN/c11-7-5-4-6-2-1-3-8(13)9(6)10(7)12/h4-5,8H,1-3,13H2/t8-/m1/s1. The molecule has 0 saturated heterocycles.